The van der Waals surface area contributed by atoms with Crippen LogP contribution in [-0.2, 0) is 11.2 Å². The number of amides is 1. The molecule has 0 heterocycles. The van der Waals surface area contributed by atoms with Gasteiger partial charge in [0.05, 0.1) is 0 Å². The predicted molar refractivity (Wildman–Crippen MR) is 92.3 cm³/mol. The van der Waals surface area contributed by atoms with Crippen LogP contribution in [0.25, 0.3) is 0 Å². The van der Waals surface area contributed by atoms with Crippen molar-refractivity contribution < 1.29 is 9.53 Å². The molecule has 124 valence electrons. The van der Waals surface area contributed by atoms with Crippen molar-refractivity contribution in [3.05, 3.63) is 29.8 Å². The Kier molecular flexibility index (Phi) is 7.39. The van der Waals surface area contributed by atoms with Gasteiger partial charge in [-0.15, -0.1) is 0 Å². The van der Waals surface area contributed by atoms with E-state index in [4.69, 9.17) is 4.74 Å². The van der Waals surface area contributed by atoms with E-state index in [0.717, 1.165) is 31.1 Å². The van der Waals surface area contributed by atoms with Crippen LogP contribution in [-0.4, -0.2) is 24.8 Å². The zero-order chi connectivity index (χ0) is 16.6. The first-order valence-electron chi connectivity index (χ1n) is 8.06. The minimum absolute atomic E-state index is 0.421. The number of anilines is 1. The van der Waals surface area contributed by atoms with Crippen LogP contribution in [0.1, 0.15) is 46.6 Å². The molecule has 0 fully saturated rings. The highest BCUT2D eigenvalue weighted by Gasteiger charge is 2.15. The lowest BCUT2D eigenvalue weighted by molar-refractivity contribution is 0.0636. The van der Waals surface area contributed by atoms with Crippen LogP contribution in [0, 0.1) is 5.92 Å². The molecule has 1 rings (SSSR count). The van der Waals surface area contributed by atoms with Crippen LogP contribution in [0.4, 0.5) is 10.5 Å². The summed E-state index contributed by atoms with van der Waals surface area (Å²) in [5, 5.41) is 6.19. The number of benzene rings is 1. The van der Waals surface area contributed by atoms with Gasteiger partial charge in [-0.2, -0.15) is 0 Å². The quantitative estimate of drug-likeness (QED) is 0.742. The lowest BCUT2D eigenvalue weighted by Gasteiger charge is -2.19. The van der Waals surface area contributed by atoms with E-state index >= 15 is 0 Å². The molecule has 0 radical (unpaired) electrons. The molecule has 0 saturated carbocycles. The second-order valence-corrected chi connectivity index (χ2v) is 7.01. The van der Waals surface area contributed by atoms with Gasteiger partial charge in [-0.25, -0.2) is 4.79 Å². The van der Waals surface area contributed by atoms with Crippen molar-refractivity contribution in [2.45, 2.75) is 53.1 Å². The molecule has 22 heavy (non-hydrogen) atoms. The maximum Gasteiger partial charge on any atom is 0.412 e. The Labute approximate surface area is 134 Å². The minimum atomic E-state index is -0.480. The number of ether oxygens (including phenoxy) is 1. The summed E-state index contributed by atoms with van der Waals surface area (Å²) in [5.41, 5.74) is 1.53. The minimum Gasteiger partial charge on any atom is -0.444 e. The molecular weight excluding hydrogens is 276 g/mol. The number of hydrogen-bond acceptors (Lipinski definition) is 3. The van der Waals surface area contributed by atoms with Gasteiger partial charge in [0.2, 0.25) is 0 Å². The second-order valence-electron chi connectivity index (χ2n) is 7.01. The number of rotatable bonds is 7. The average molecular weight is 306 g/mol. The zero-order valence-corrected chi connectivity index (χ0v) is 14.5. The summed E-state index contributed by atoms with van der Waals surface area (Å²) in [7, 11) is 0. The predicted octanol–water partition coefficient (Wildman–Crippen LogP) is 4.21. The molecule has 0 aliphatic carbocycles. The van der Waals surface area contributed by atoms with E-state index < -0.39 is 11.7 Å². The normalized spacial score (nSPS) is 11.5. The summed E-state index contributed by atoms with van der Waals surface area (Å²) in [6.07, 6.45) is 1.78. The largest absolute Gasteiger partial charge is 0.444 e. The van der Waals surface area contributed by atoms with E-state index in [9.17, 15) is 4.79 Å². The number of hydrogen-bond donors (Lipinski definition) is 2. The van der Waals surface area contributed by atoms with Crippen molar-refractivity contribution in [2.24, 2.45) is 5.92 Å². The third-order valence-electron chi connectivity index (χ3n) is 3.09. The van der Waals surface area contributed by atoms with Crippen molar-refractivity contribution in [2.75, 3.05) is 18.4 Å². The number of carbonyl (C=O) groups is 1. The third kappa shape index (κ3) is 8.67. The first-order valence-corrected chi connectivity index (χ1v) is 8.06. The van der Waals surface area contributed by atoms with Crippen LogP contribution in [0.5, 0.6) is 0 Å². The smallest absolute Gasteiger partial charge is 0.412 e. The fraction of sp³-hybridized carbons (Fsp3) is 0.611. The molecule has 0 spiro atoms. The average Bonchev–Trinajstić information content (AvgIpc) is 2.37. The first-order chi connectivity index (χ1) is 10.3. The fourth-order valence-corrected chi connectivity index (χ4v) is 1.92. The molecule has 0 aliphatic heterocycles. The van der Waals surface area contributed by atoms with Crippen LogP contribution >= 0.6 is 0 Å². The van der Waals surface area contributed by atoms with Crippen LogP contribution in [0.3, 0.4) is 0 Å². The van der Waals surface area contributed by atoms with Crippen LogP contribution in [0.2, 0.25) is 0 Å². The lowest BCUT2D eigenvalue weighted by atomic mass is 10.1. The van der Waals surface area contributed by atoms with Crippen molar-refractivity contribution >= 4 is 11.8 Å². The van der Waals surface area contributed by atoms with Gasteiger partial charge in [0, 0.05) is 5.69 Å². The van der Waals surface area contributed by atoms with Crippen molar-refractivity contribution in [1.82, 2.24) is 5.32 Å². The molecule has 4 nitrogen and oxygen atoms in total. The van der Waals surface area contributed by atoms with Crippen LogP contribution in [0.15, 0.2) is 24.3 Å². The summed E-state index contributed by atoms with van der Waals surface area (Å²) >= 11 is 0. The molecule has 0 atom stereocenters. The molecule has 2 N–H and O–H groups in total. The van der Waals surface area contributed by atoms with Gasteiger partial charge in [0.1, 0.15) is 5.60 Å². The Hall–Kier alpha value is -1.55. The molecule has 0 aliphatic rings. The van der Waals surface area contributed by atoms with Gasteiger partial charge in [-0.3, -0.25) is 5.32 Å². The highest BCUT2D eigenvalue weighted by atomic mass is 16.6. The first kappa shape index (κ1) is 18.5. The third-order valence-corrected chi connectivity index (χ3v) is 3.09. The Bertz CT molecular complexity index is 447. The van der Waals surface area contributed by atoms with Gasteiger partial charge in [-0.1, -0.05) is 26.0 Å². The Morgan fingerprint density at radius 3 is 2.32 bits per heavy atom. The lowest BCUT2D eigenvalue weighted by Crippen LogP contribution is -2.27. The summed E-state index contributed by atoms with van der Waals surface area (Å²) in [6.45, 7) is 12.1. The van der Waals surface area contributed by atoms with Gasteiger partial charge in [0.25, 0.3) is 0 Å². The van der Waals surface area contributed by atoms with E-state index in [1.807, 2.05) is 45.0 Å². The molecule has 1 aromatic carbocycles. The zero-order valence-electron chi connectivity index (χ0n) is 14.5. The maximum absolute atomic E-state index is 11.7. The molecule has 0 unspecified atom stereocenters. The monoisotopic (exact) mass is 306 g/mol. The van der Waals surface area contributed by atoms with E-state index in [-0.39, 0.29) is 0 Å². The Morgan fingerprint density at radius 2 is 1.77 bits per heavy atom. The van der Waals surface area contributed by atoms with E-state index in [1.54, 1.807) is 0 Å². The van der Waals surface area contributed by atoms with E-state index in [1.165, 1.54) is 12.0 Å². The summed E-state index contributed by atoms with van der Waals surface area (Å²) < 4.78 is 5.22. The summed E-state index contributed by atoms with van der Waals surface area (Å²) in [6, 6.07) is 7.90. The van der Waals surface area contributed by atoms with E-state index in [2.05, 4.69) is 24.5 Å². The molecule has 0 bridgehead atoms. The standard InChI is InChI=1S/C18H30N2O2/c1-14(2)10-12-19-13-11-15-6-8-16(9-7-15)20-17(21)22-18(3,4)5/h6-9,14,19H,10-13H2,1-5H3,(H,20,21). The summed E-state index contributed by atoms with van der Waals surface area (Å²) in [5.74, 6) is 0.741. The van der Waals surface area contributed by atoms with Gasteiger partial charge in [-0.05, 0) is 70.3 Å². The van der Waals surface area contributed by atoms with Crippen molar-refractivity contribution in [3.63, 3.8) is 0 Å². The maximum atomic E-state index is 11.7. The van der Waals surface area contributed by atoms with Gasteiger partial charge in [0.15, 0.2) is 0 Å². The van der Waals surface area contributed by atoms with Crippen LogP contribution < -0.4 is 10.6 Å². The van der Waals surface area contributed by atoms with Gasteiger partial charge >= 0.3 is 6.09 Å². The molecule has 4 heteroatoms. The second kappa shape index (κ2) is 8.79. The Balaban J connectivity index is 2.32. The summed E-state index contributed by atoms with van der Waals surface area (Å²) in [4.78, 5) is 11.7. The Morgan fingerprint density at radius 1 is 1.14 bits per heavy atom. The number of carbonyl (C=O) groups excluding carboxylic acids is 1. The van der Waals surface area contributed by atoms with Crippen molar-refractivity contribution in [1.29, 1.82) is 0 Å². The SMILES string of the molecule is CC(C)CCNCCc1ccc(NC(=O)OC(C)(C)C)cc1. The molecular formula is C18H30N2O2. The molecule has 0 aromatic heterocycles. The molecule has 0 saturated heterocycles. The van der Waals surface area contributed by atoms with Crippen molar-refractivity contribution in [3.8, 4) is 0 Å². The van der Waals surface area contributed by atoms with Gasteiger partial charge < -0.3 is 10.1 Å². The fourth-order valence-electron chi connectivity index (χ4n) is 1.92. The highest BCUT2D eigenvalue weighted by molar-refractivity contribution is 5.84. The highest BCUT2D eigenvalue weighted by Crippen LogP contribution is 2.13. The molecule has 1 amide bonds. The molecule has 1 aromatic rings. The number of nitrogens with one attached hydrogen (secondary N) is 2. The van der Waals surface area contributed by atoms with E-state index in [0.29, 0.717) is 0 Å². The topological polar surface area (TPSA) is 50.4 Å².